The fraction of sp³-hybridized carbons (Fsp3) is 0.636. The lowest BCUT2D eigenvalue weighted by Crippen LogP contribution is -2.82. The van der Waals surface area contributed by atoms with Crippen molar-refractivity contribution in [3.63, 3.8) is 0 Å². The molecule has 1 amide bonds. The van der Waals surface area contributed by atoms with Gasteiger partial charge >= 0.3 is 30.2 Å². The van der Waals surface area contributed by atoms with Gasteiger partial charge in [0.15, 0.2) is 17.2 Å². The topological polar surface area (TPSA) is 236 Å². The van der Waals surface area contributed by atoms with E-state index in [2.05, 4.69) is 5.32 Å². The number of ketones is 1. The van der Waals surface area contributed by atoms with Crippen LogP contribution in [0.2, 0.25) is 0 Å². The van der Waals surface area contributed by atoms with Gasteiger partial charge in [0, 0.05) is 52.2 Å². The molecule has 1 spiro atoms. The number of esters is 3. The van der Waals surface area contributed by atoms with Crippen LogP contribution >= 0.6 is 0 Å². The van der Waals surface area contributed by atoms with Crippen LogP contribution in [-0.2, 0) is 66.5 Å². The second-order valence-electron chi connectivity index (χ2n) is 22.2. The largest absolute Gasteiger partial charge is 0.509 e. The van der Waals surface area contributed by atoms with Crippen LogP contribution in [0.4, 0.5) is 9.59 Å². The highest BCUT2D eigenvalue weighted by molar-refractivity contribution is 5.94. The van der Waals surface area contributed by atoms with E-state index in [1.54, 1.807) is 97.0 Å². The molecule has 0 radical (unpaired) electrons. The van der Waals surface area contributed by atoms with E-state index < -0.39 is 130 Å². The van der Waals surface area contributed by atoms with Gasteiger partial charge in [0.25, 0.3) is 0 Å². The fourth-order valence-electron chi connectivity index (χ4n) is 12.5. The van der Waals surface area contributed by atoms with E-state index in [1.807, 2.05) is 0 Å². The van der Waals surface area contributed by atoms with Crippen molar-refractivity contribution in [2.24, 2.45) is 16.7 Å². The average Bonchev–Trinajstić information content (AvgIpc) is 3.74. The summed E-state index contributed by atoms with van der Waals surface area (Å²) in [6.07, 6.45) is -7.46. The number of aliphatic hydroxyl groups is 1. The average molecular weight is 1030 g/mol. The fourth-order valence-corrected chi connectivity index (χ4v) is 12.5. The van der Waals surface area contributed by atoms with Crippen molar-refractivity contribution < 1.29 is 86.0 Å². The molecule has 2 N–H and O–H groups in total. The summed E-state index contributed by atoms with van der Waals surface area (Å²) in [7, 11) is 2.77. The molecule has 2 saturated heterocycles. The van der Waals surface area contributed by atoms with Crippen LogP contribution in [0.25, 0.3) is 0 Å². The highest BCUT2D eigenvalue weighted by Gasteiger charge is 2.78. The lowest BCUT2D eigenvalue weighted by atomic mass is 9.44. The molecule has 4 aliphatic carbocycles. The predicted octanol–water partition coefficient (Wildman–Crippen LogP) is 6.80. The molecule has 6 aliphatic rings. The number of hydrogen-bond donors (Lipinski definition) is 2. The minimum atomic E-state index is -2.31. The van der Waals surface area contributed by atoms with Crippen molar-refractivity contribution in [1.29, 1.82) is 0 Å². The van der Waals surface area contributed by atoms with E-state index in [-0.39, 0.29) is 37.4 Å². The Balaban J connectivity index is 1.23. The number of hydrogen-bond acceptors (Lipinski definition) is 18. The molecule has 0 aromatic heterocycles. The molecular weight excluding hydrogens is 963 g/mol. The highest BCUT2D eigenvalue weighted by Crippen LogP contribution is 2.65. The van der Waals surface area contributed by atoms with Crippen LogP contribution in [0.1, 0.15) is 122 Å². The first-order valence-electron chi connectivity index (χ1n) is 25.4. The summed E-state index contributed by atoms with van der Waals surface area (Å²) in [5.41, 5.74) is -7.31. The van der Waals surface area contributed by atoms with Gasteiger partial charge in [0.05, 0.1) is 36.2 Å². The molecule has 5 fully saturated rings. The quantitative estimate of drug-likeness (QED) is 0.119. The van der Waals surface area contributed by atoms with Crippen LogP contribution in [0, 0.1) is 16.7 Å². The second kappa shape index (κ2) is 20.9. The molecular formula is C55H71NO18. The number of benzene rings is 2. The Morgan fingerprint density at radius 3 is 2.16 bits per heavy atom. The lowest BCUT2D eigenvalue weighted by Gasteiger charge is -2.67. The number of fused-ring (bicyclic) bond motifs is 5. The Labute approximate surface area is 431 Å². The van der Waals surface area contributed by atoms with Gasteiger partial charge in [-0.05, 0) is 76.3 Å². The zero-order valence-corrected chi connectivity index (χ0v) is 43.9. The molecule has 8 rings (SSSR count). The van der Waals surface area contributed by atoms with Gasteiger partial charge in [-0.15, -0.1) is 0 Å². The summed E-state index contributed by atoms with van der Waals surface area (Å²) in [6, 6.07) is 14.8. The van der Waals surface area contributed by atoms with Gasteiger partial charge in [-0.3, -0.25) is 9.59 Å². The lowest BCUT2D eigenvalue weighted by molar-refractivity contribution is -0.347. The number of nitrogens with one attached hydrogen (secondary N) is 1. The molecule has 12 atom stereocenters. The Bertz CT molecular complexity index is 2470. The highest BCUT2D eigenvalue weighted by atomic mass is 16.8. The van der Waals surface area contributed by atoms with E-state index in [9.17, 15) is 24.3 Å². The maximum Gasteiger partial charge on any atom is 0.509 e. The van der Waals surface area contributed by atoms with Crippen LogP contribution < -0.4 is 5.32 Å². The van der Waals surface area contributed by atoms with Gasteiger partial charge in [-0.1, -0.05) is 68.8 Å². The molecule has 404 valence electrons. The van der Waals surface area contributed by atoms with Crippen LogP contribution in [0.3, 0.4) is 0 Å². The SMILES string of the molecule is CO[C@H]1C(=O)[C@]2(C)[C@@H](OC)C[C@H]3OC[C@@]3(OC(C)=O)[C@H]2[C@H](OC(=O)c2ccccc2)C2(O)C[C@H](OC(=O)[C@H](OC(=O)OC[C@@H]3COC4(CCCCC4)O3)[C@@H](NC(=O)OC(C)(C)C)c3ccccc3)C(C)=C1C2(C)C. The molecule has 2 bridgehead atoms. The Morgan fingerprint density at radius 2 is 1.57 bits per heavy atom. The zero-order valence-electron chi connectivity index (χ0n) is 43.9. The first-order valence-corrected chi connectivity index (χ1v) is 25.4. The first kappa shape index (κ1) is 54.8. The summed E-state index contributed by atoms with van der Waals surface area (Å²) < 4.78 is 67.1. The third kappa shape index (κ3) is 10.1. The third-order valence-corrected chi connectivity index (χ3v) is 16.2. The Kier molecular flexibility index (Phi) is 15.5. The smallest absolute Gasteiger partial charge is 0.455 e. The summed E-state index contributed by atoms with van der Waals surface area (Å²) in [6.45, 7) is 12.4. The number of ether oxygens (including phenoxy) is 11. The molecule has 2 heterocycles. The number of rotatable bonds is 13. The number of carbonyl (C=O) groups is 6. The molecule has 74 heavy (non-hydrogen) atoms. The van der Waals surface area contributed by atoms with Crippen LogP contribution in [-0.4, -0.2) is 140 Å². The number of Topliss-reactive ketones (excluding diaryl/α,β-unsaturated/α-hetero) is 1. The Hall–Kier alpha value is -5.44. The summed E-state index contributed by atoms with van der Waals surface area (Å²) in [5, 5.41) is 16.7. The molecule has 2 aliphatic heterocycles. The van der Waals surface area contributed by atoms with Gasteiger partial charge in [-0.2, -0.15) is 0 Å². The minimum absolute atomic E-state index is 0.0877. The zero-order chi connectivity index (χ0) is 53.6. The molecule has 2 aromatic carbocycles. The second-order valence-corrected chi connectivity index (χ2v) is 22.2. The normalized spacial score (nSPS) is 32.7. The molecule has 2 aromatic rings. The first-order chi connectivity index (χ1) is 34.9. The van der Waals surface area contributed by atoms with Gasteiger partial charge in [0.1, 0.15) is 54.4 Å². The van der Waals surface area contributed by atoms with E-state index >= 15 is 9.59 Å². The maximum absolute atomic E-state index is 15.9. The van der Waals surface area contributed by atoms with E-state index in [0.717, 1.165) is 19.3 Å². The van der Waals surface area contributed by atoms with Gasteiger partial charge in [-0.25, -0.2) is 19.2 Å². The molecule has 1 unspecified atom stereocenters. The maximum atomic E-state index is 15.9. The van der Waals surface area contributed by atoms with Crippen molar-refractivity contribution in [3.05, 3.63) is 82.9 Å². The van der Waals surface area contributed by atoms with Crippen molar-refractivity contribution in [2.45, 2.75) is 172 Å². The molecule has 19 heteroatoms. The third-order valence-electron chi connectivity index (χ3n) is 16.2. The summed E-state index contributed by atoms with van der Waals surface area (Å²) in [4.78, 5) is 86.6. The van der Waals surface area contributed by atoms with Crippen molar-refractivity contribution in [2.75, 3.05) is 34.0 Å². The van der Waals surface area contributed by atoms with E-state index in [0.29, 0.717) is 24.0 Å². The van der Waals surface area contributed by atoms with Gasteiger partial charge < -0.3 is 62.5 Å². The minimum Gasteiger partial charge on any atom is -0.455 e. The summed E-state index contributed by atoms with van der Waals surface area (Å²) in [5.74, 6) is -5.48. The Morgan fingerprint density at radius 1 is 0.905 bits per heavy atom. The van der Waals surface area contributed by atoms with Crippen molar-refractivity contribution in [3.8, 4) is 0 Å². The van der Waals surface area contributed by atoms with Crippen molar-refractivity contribution in [1.82, 2.24) is 5.32 Å². The number of methoxy groups -OCH3 is 2. The number of amides is 1. The summed E-state index contributed by atoms with van der Waals surface area (Å²) >= 11 is 0. The standard InChI is InChI=1S/C55H71NO18/c1-31-36(69-47(60)42(40(33-20-14-11-15-21-33)56-48(61)74-50(3,4)5)70-49(62)66-28-35-29-68-53(73-35)24-18-13-19-25-53)27-55(63)45(71-46(59)34-22-16-12-17-23-34)43-52(8,44(58)41(65-10)39(31)51(55,6)7)37(64-9)26-38-54(43,30-67-38)72-32(2)57/h11-12,14-17,20-23,35-38,40-43,45,63H,13,18-19,24-30H2,1-10H3,(H,56,61)/t35-,36+,37+,38-,40+,41-,42-,43+,45+,52-,54+,55?/m1/s1. The number of carbonyl (C=O) groups excluding carboxylic acids is 6. The van der Waals surface area contributed by atoms with E-state index in [4.69, 9.17) is 52.1 Å². The van der Waals surface area contributed by atoms with Crippen LogP contribution in [0.15, 0.2) is 71.8 Å². The molecule has 19 nitrogen and oxygen atoms in total. The molecule has 3 saturated carbocycles. The monoisotopic (exact) mass is 1030 g/mol. The van der Waals surface area contributed by atoms with Gasteiger partial charge in [0.2, 0.25) is 6.10 Å². The number of alkyl carbamates (subject to hydrolysis) is 1. The van der Waals surface area contributed by atoms with Crippen molar-refractivity contribution >= 4 is 35.9 Å². The van der Waals surface area contributed by atoms with Crippen LogP contribution in [0.5, 0.6) is 0 Å². The predicted molar refractivity (Wildman–Crippen MR) is 260 cm³/mol. The van der Waals surface area contributed by atoms with E-state index in [1.165, 1.54) is 33.3 Å².